The summed E-state index contributed by atoms with van der Waals surface area (Å²) < 4.78 is 4.77. The van der Waals surface area contributed by atoms with E-state index >= 15 is 0 Å². The van der Waals surface area contributed by atoms with E-state index < -0.39 is 17.8 Å². The molecule has 1 heterocycles. The zero-order valence-electron chi connectivity index (χ0n) is 10.3. The first-order chi connectivity index (χ1) is 9.04. The van der Waals surface area contributed by atoms with E-state index in [4.69, 9.17) is 9.84 Å². The van der Waals surface area contributed by atoms with E-state index in [1.807, 2.05) is 0 Å². The lowest BCUT2D eigenvalue weighted by molar-refractivity contribution is -0.197. The lowest BCUT2D eigenvalue weighted by atomic mass is 10.2. The van der Waals surface area contributed by atoms with Crippen molar-refractivity contribution in [3.63, 3.8) is 0 Å². The van der Waals surface area contributed by atoms with Crippen molar-refractivity contribution in [2.45, 2.75) is 25.7 Å². The van der Waals surface area contributed by atoms with Gasteiger partial charge >= 0.3 is 5.97 Å². The molecule has 0 saturated carbocycles. The van der Waals surface area contributed by atoms with Crippen LogP contribution in [0.1, 0.15) is 25.7 Å². The van der Waals surface area contributed by atoms with Gasteiger partial charge in [0.2, 0.25) is 0 Å². The SMILES string of the molecule is O=C(CCC(=O)ON1C(=O)CCC1=O)COCCO. The highest BCUT2D eigenvalue weighted by molar-refractivity contribution is 6.01. The topological polar surface area (TPSA) is 110 Å². The average molecular weight is 273 g/mol. The third kappa shape index (κ3) is 5.14. The maximum atomic E-state index is 11.3. The molecule has 0 aromatic rings. The van der Waals surface area contributed by atoms with Crippen LogP contribution in [0.25, 0.3) is 0 Å². The van der Waals surface area contributed by atoms with E-state index in [2.05, 4.69) is 4.84 Å². The van der Waals surface area contributed by atoms with Crippen LogP contribution in [-0.2, 0) is 28.8 Å². The van der Waals surface area contributed by atoms with Crippen LogP contribution in [0, 0.1) is 0 Å². The molecule has 0 radical (unpaired) electrons. The van der Waals surface area contributed by atoms with Crippen LogP contribution in [0.3, 0.4) is 0 Å². The second-order valence-corrected chi connectivity index (χ2v) is 3.86. The van der Waals surface area contributed by atoms with Crippen LogP contribution < -0.4 is 0 Å². The molecule has 19 heavy (non-hydrogen) atoms. The molecular formula is C11H15NO7. The summed E-state index contributed by atoms with van der Waals surface area (Å²) in [6.07, 6.45) is -0.293. The van der Waals surface area contributed by atoms with Crippen molar-refractivity contribution < 1.29 is 33.9 Å². The second kappa shape index (κ2) is 7.59. The summed E-state index contributed by atoms with van der Waals surface area (Å²) in [4.78, 5) is 49.4. The standard InChI is InChI=1S/C11H15NO7/c13-5-6-18-7-8(14)1-4-11(17)19-12-9(15)2-3-10(12)16/h13H,1-7H2. The number of hydroxylamine groups is 2. The molecule has 1 aliphatic heterocycles. The molecule has 8 heteroatoms. The van der Waals surface area contributed by atoms with Crippen LogP contribution in [0.4, 0.5) is 0 Å². The summed E-state index contributed by atoms with van der Waals surface area (Å²) in [5.41, 5.74) is 0. The summed E-state index contributed by atoms with van der Waals surface area (Å²) in [6, 6.07) is 0. The molecule has 1 fully saturated rings. The molecule has 2 amide bonds. The maximum Gasteiger partial charge on any atom is 0.333 e. The van der Waals surface area contributed by atoms with Gasteiger partial charge in [-0.15, -0.1) is 5.06 Å². The molecule has 0 aromatic carbocycles. The van der Waals surface area contributed by atoms with E-state index in [1.165, 1.54) is 0 Å². The van der Waals surface area contributed by atoms with Crippen molar-refractivity contribution in [2.24, 2.45) is 0 Å². The highest BCUT2D eigenvalue weighted by Gasteiger charge is 2.32. The molecule has 8 nitrogen and oxygen atoms in total. The summed E-state index contributed by atoms with van der Waals surface area (Å²) in [5, 5.41) is 8.87. The van der Waals surface area contributed by atoms with Gasteiger partial charge in [-0.2, -0.15) is 0 Å². The normalized spacial score (nSPS) is 14.9. The van der Waals surface area contributed by atoms with E-state index in [9.17, 15) is 19.2 Å². The van der Waals surface area contributed by atoms with Crippen molar-refractivity contribution in [1.82, 2.24) is 5.06 Å². The maximum absolute atomic E-state index is 11.3. The molecule has 0 aliphatic carbocycles. The van der Waals surface area contributed by atoms with Crippen LogP contribution >= 0.6 is 0 Å². The molecule has 106 valence electrons. The van der Waals surface area contributed by atoms with E-state index in [-0.39, 0.29) is 51.3 Å². The van der Waals surface area contributed by atoms with Gasteiger partial charge < -0.3 is 14.7 Å². The van der Waals surface area contributed by atoms with Crippen molar-refractivity contribution in [3.05, 3.63) is 0 Å². The summed E-state index contributed by atoms with van der Waals surface area (Å²) in [5.74, 6) is -2.27. The Hall–Kier alpha value is -1.80. The third-order valence-corrected chi connectivity index (χ3v) is 2.31. The molecule has 0 spiro atoms. The fourth-order valence-corrected chi connectivity index (χ4v) is 1.37. The van der Waals surface area contributed by atoms with Crippen molar-refractivity contribution in [3.8, 4) is 0 Å². The second-order valence-electron chi connectivity index (χ2n) is 3.86. The number of aliphatic hydroxyl groups excluding tert-OH is 1. The summed E-state index contributed by atoms with van der Waals surface area (Å²) in [6.45, 7) is -0.336. The van der Waals surface area contributed by atoms with Gasteiger partial charge in [0.25, 0.3) is 11.8 Å². The third-order valence-electron chi connectivity index (χ3n) is 2.31. The number of ether oxygens (including phenoxy) is 1. The first kappa shape index (κ1) is 15.3. The van der Waals surface area contributed by atoms with Crippen LogP contribution in [-0.4, -0.2) is 53.6 Å². The number of amides is 2. The Morgan fingerprint density at radius 1 is 1.16 bits per heavy atom. The van der Waals surface area contributed by atoms with E-state index in [1.54, 1.807) is 0 Å². The fourth-order valence-electron chi connectivity index (χ4n) is 1.37. The first-order valence-corrected chi connectivity index (χ1v) is 5.81. The number of imide groups is 1. The molecule has 0 aromatic heterocycles. The highest BCUT2D eigenvalue weighted by Crippen LogP contribution is 2.12. The number of carbonyl (C=O) groups is 4. The largest absolute Gasteiger partial charge is 0.394 e. The minimum atomic E-state index is -0.820. The van der Waals surface area contributed by atoms with Crippen molar-refractivity contribution in [2.75, 3.05) is 19.8 Å². The number of carbonyl (C=O) groups excluding carboxylic acids is 4. The van der Waals surface area contributed by atoms with Gasteiger partial charge in [-0.05, 0) is 0 Å². The van der Waals surface area contributed by atoms with Gasteiger partial charge in [-0.3, -0.25) is 14.4 Å². The minimum absolute atomic E-state index is 0.0278. The first-order valence-electron chi connectivity index (χ1n) is 5.81. The summed E-state index contributed by atoms with van der Waals surface area (Å²) >= 11 is 0. The van der Waals surface area contributed by atoms with Gasteiger partial charge in [-0.1, -0.05) is 0 Å². The van der Waals surface area contributed by atoms with Crippen molar-refractivity contribution in [1.29, 1.82) is 0 Å². The molecule has 1 aliphatic rings. The molecule has 1 rings (SSSR count). The molecule has 0 atom stereocenters. The lowest BCUT2D eigenvalue weighted by Gasteiger charge is -2.12. The Bertz CT molecular complexity index is 363. The van der Waals surface area contributed by atoms with Gasteiger partial charge in [0, 0.05) is 19.3 Å². The Morgan fingerprint density at radius 3 is 2.37 bits per heavy atom. The number of ketones is 1. The lowest BCUT2D eigenvalue weighted by Crippen LogP contribution is -2.32. The Balaban J connectivity index is 2.22. The van der Waals surface area contributed by atoms with Gasteiger partial charge in [0.05, 0.1) is 19.6 Å². The average Bonchev–Trinajstić information content (AvgIpc) is 2.68. The van der Waals surface area contributed by atoms with Gasteiger partial charge in [0.1, 0.15) is 6.61 Å². The Labute approximate surface area is 109 Å². The minimum Gasteiger partial charge on any atom is -0.394 e. The quantitative estimate of drug-likeness (QED) is 0.444. The predicted octanol–water partition coefficient (Wildman–Crippen LogP) is -1.05. The Morgan fingerprint density at radius 2 is 1.79 bits per heavy atom. The van der Waals surface area contributed by atoms with Crippen molar-refractivity contribution >= 4 is 23.6 Å². The van der Waals surface area contributed by atoms with Gasteiger partial charge in [0.15, 0.2) is 5.78 Å². The number of aliphatic hydroxyl groups is 1. The summed E-state index contributed by atoms with van der Waals surface area (Å²) in [7, 11) is 0. The number of rotatable bonds is 8. The zero-order valence-corrected chi connectivity index (χ0v) is 10.3. The molecule has 0 unspecified atom stereocenters. The molecule has 1 N–H and O–H groups in total. The number of nitrogens with zero attached hydrogens (tertiary/aromatic N) is 1. The fraction of sp³-hybridized carbons (Fsp3) is 0.636. The monoisotopic (exact) mass is 273 g/mol. The van der Waals surface area contributed by atoms with Gasteiger partial charge in [-0.25, -0.2) is 4.79 Å². The van der Waals surface area contributed by atoms with Crippen LogP contribution in [0.5, 0.6) is 0 Å². The highest BCUT2D eigenvalue weighted by atomic mass is 16.7. The van der Waals surface area contributed by atoms with Crippen LogP contribution in [0.2, 0.25) is 0 Å². The number of Topliss-reactive ketones (excluding diaryl/α,β-unsaturated/α-hetero) is 1. The van der Waals surface area contributed by atoms with E-state index in [0.29, 0.717) is 5.06 Å². The zero-order chi connectivity index (χ0) is 14.3. The number of hydrogen-bond acceptors (Lipinski definition) is 7. The van der Waals surface area contributed by atoms with E-state index in [0.717, 1.165) is 0 Å². The number of hydrogen-bond donors (Lipinski definition) is 1. The molecule has 1 saturated heterocycles. The van der Waals surface area contributed by atoms with Crippen LogP contribution in [0.15, 0.2) is 0 Å². The smallest absolute Gasteiger partial charge is 0.333 e. The predicted molar refractivity (Wildman–Crippen MR) is 59.3 cm³/mol. The Kier molecular flexibility index (Phi) is 6.10. The molecule has 0 bridgehead atoms. The molecular weight excluding hydrogens is 258 g/mol.